The molecule has 8 heteroatoms. The van der Waals surface area contributed by atoms with Gasteiger partial charge in [-0.1, -0.05) is 41.3 Å². The molecule has 0 saturated carbocycles. The van der Waals surface area contributed by atoms with Crippen molar-refractivity contribution in [1.82, 2.24) is 25.1 Å². The van der Waals surface area contributed by atoms with E-state index in [1.807, 2.05) is 10.6 Å². The van der Waals surface area contributed by atoms with Crippen LogP contribution in [0.25, 0.3) is 4.96 Å². The van der Waals surface area contributed by atoms with Gasteiger partial charge in [0, 0.05) is 5.75 Å². The summed E-state index contributed by atoms with van der Waals surface area (Å²) < 4.78 is 16.3. The third-order valence-corrected chi connectivity index (χ3v) is 5.76. The zero-order valence-electron chi connectivity index (χ0n) is 11.7. The average Bonchev–Trinajstić information content (AvgIpc) is 3.22. The Bertz CT molecular complexity index is 793. The summed E-state index contributed by atoms with van der Waals surface area (Å²) in [5.41, 5.74) is 0.691. The van der Waals surface area contributed by atoms with Gasteiger partial charge in [-0.05, 0) is 31.0 Å². The van der Waals surface area contributed by atoms with Gasteiger partial charge in [0.25, 0.3) is 0 Å². The summed E-state index contributed by atoms with van der Waals surface area (Å²) in [6.45, 7) is 1.01. The topological polar surface area (TPSA) is 55.1 Å². The first-order valence-corrected chi connectivity index (χ1v) is 8.93. The predicted molar refractivity (Wildman–Crippen MR) is 84.6 cm³/mol. The zero-order valence-corrected chi connectivity index (χ0v) is 13.3. The third kappa shape index (κ3) is 2.62. The van der Waals surface area contributed by atoms with Crippen molar-refractivity contribution in [3.63, 3.8) is 0 Å². The monoisotopic (exact) mass is 335 g/mol. The first-order chi connectivity index (χ1) is 10.8. The van der Waals surface area contributed by atoms with Crippen molar-refractivity contribution < 1.29 is 4.39 Å². The van der Waals surface area contributed by atoms with Crippen molar-refractivity contribution >= 4 is 28.1 Å². The first kappa shape index (κ1) is 14.1. The van der Waals surface area contributed by atoms with E-state index in [1.165, 1.54) is 29.2 Å². The molecule has 1 aliphatic heterocycles. The molecule has 0 aliphatic carbocycles. The van der Waals surface area contributed by atoms with Crippen molar-refractivity contribution in [2.45, 2.75) is 29.0 Å². The summed E-state index contributed by atoms with van der Waals surface area (Å²) >= 11 is 3.02. The minimum atomic E-state index is -0.172. The van der Waals surface area contributed by atoms with Gasteiger partial charge >= 0.3 is 0 Å². The molecule has 3 heterocycles. The van der Waals surface area contributed by atoms with Crippen LogP contribution in [-0.4, -0.2) is 26.4 Å². The second-order valence-corrected chi connectivity index (χ2v) is 7.33. The van der Waals surface area contributed by atoms with E-state index in [0.29, 0.717) is 11.3 Å². The van der Waals surface area contributed by atoms with Crippen LogP contribution in [0, 0.1) is 5.82 Å². The molecule has 1 fully saturated rings. The minimum absolute atomic E-state index is 0.172. The molecule has 0 spiro atoms. The molecule has 1 unspecified atom stereocenters. The standard InChI is InChI=1S/C14H14FN5S2/c15-10-5-2-1-4-9(10)8-21-14-19-20-12(11-6-3-7-16-11)17-18-13(20)22-14/h1-2,4-5,11,16H,3,6-8H2. The van der Waals surface area contributed by atoms with E-state index < -0.39 is 0 Å². The summed E-state index contributed by atoms with van der Waals surface area (Å²) in [6, 6.07) is 7.07. The number of hydrogen-bond donors (Lipinski definition) is 1. The van der Waals surface area contributed by atoms with E-state index in [1.54, 1.807) is 12.1 Å². The maximum absolute atomic E-state index is 13.6. The summed E-state index contributed by atoms with van der Waals surface area (Å²) in [5.74, 6) is 1.27. The highest BCUT2D eigenvalue weighted by Crippen LogP contribution is 2.30. The van der Waals surface area contributed by atoms with E-state index >= 15 is 0 Å². The largest absolute Gasteiger partial charge is 0.307 e. The van der Waals surface area contributed by atoms with Gasteiger partial charge in [0.1, 0.15) is 5.82 Å². The highest BCUT2D eigenvalue weighted by atomic mass is 32.2. The third-order valence-electron chi connectivity index (χ3n) is 3.68. The Balaban J connectivity index is 1.54. The number of nitrogens with one attached hydrogen (secondary N) is 1. The minimum Gasteiger partial charge on any atom is -0.307 e. The van der Waals surface area contributed by atoms with Crippen LogP contribution in [-0.2, 0) is 5.75 Å². The molecule has 4 rings (SSSR count). The number of nitrogens with zero attached hydrogens (tertiary/aromatic N) is 4. The molecule has 0 bridgehead atoms. The normalized spacial score (nSPS) is 18.3. The lowest BCUT2D eigenvalue weighted by atomic mass is 10.2. The van der Waals surface area contributed by atoms with Crippen LogP contribution >= 0.6 is 23.1 Å². The number of rotatable bonds is 4. The fourth-order valence-electron chi connectivity index (χ4n) is 2.55. The lowest BCUT2D eigenvalue weighted by molar-refractivity contribution is 0.582. The van der Waals surface area contributed by atoms with Crippen molar-refractivity contribution in [3.8, 4) is 0 Å². The molecule has 1 saturated heterocycles. The molecule has 114 valence electrons. The maximum atomic E-state index is 13.6. The SMILES string of the molecule is Fc1ccccc1CSc1nn2c(C3CCCN3)nnc2s1. The van der Waals surface area contributed by atoms with Crippen LogP contribution in [0.4, 0.5) is 4.39 Å². The molecule has 1 aromatic carbocycles. The quantitative estimate of drug-likeness (QED) is 0.743. The Kier molecular flexibility index (Phi) is 3.81. The number of aromatic nitrogens is 4. The molecule has 3 aromatic rings. The van der Waals surface area contributed by atoms with Crippen LogP contribution < -0.4 is 5.32 Å². The van der Waals surface area contributed by atoms with E-state index in [2.05, 4.69) is 20.6 Å². The van der Waals surface area contributed by atoms with Gasteiger partial charge in [-0.3, -0.25) is 0 Å². The Morgan fingerprint density at radius 1 is 1.36 bits per heavy atom. The summed E-state index contributed by atoms with van der Waals surface area (Å²) in [7, 11) is 0. The Hall–Kier alpha value is -1.51. The summed E-state index contributed by atoms with van der Waals surface area (Å²) in [5, 5.41) is 16.4. The lowest BCUT2D eigenvalue weighted by Gasteiger charge is -2.05. The molecular formula is C14H14FN5S2. The zero-order chi connectivity index (χ0) is 14.9. The van der Waals surface area contributed by atoms with Gasteiger partial charge in [0.15, 0.2) is 10.2 Å². The average molecular weight is 335 g/mol. The number of hydrogen-bond acceptors (Lipinski definition) is 6. The number of fused-ring (bicyclic) bond motifs is 1. The van der Waals surface area contributed by atoms with Gasteiger partial charge < -0.3 is 5.32 Å². The van der Waals surface area contributed by atoms with Crippen LogP contribution in [0.1, 0.15) is 30.3 Å². The second-order valence-electron chi connectivity index (χ2n) is 5.15. The van der Waals surface area contributed by atoms with Crippen molar-refractivity contribution in [2.24, 2.45) is 0 Å². The van der Waals surface area contributed by atoms with Crippen molar-refractivity contribution in [2.75, 3.05) is 6.54 Å². The van der Waals surface area contributed by atoms with Gasteiger partial charge in [0.05, 0.1) is 6.04 Å². The molecule has 1 atom stereocenters. The number of benzene rings is 1. The van der Waals surface area contributed by atoms with Crippen molar-refractivity contribution in [3.05, 3.63) is 41.5 Å². The van der Waals surface area contributed by atoms with Crippen LogP contribution in [0.2, 0.25) is 0 Å². The summed E-state index contributed by atoms with van der Waals surface area (Å²) in [4.78, 5) is 0.791. The number of thioether (sulfide) groups is 1. The molecule has 0 amide bonds. The molecule has 0 radical (unpaired) electrons. The van der Waals surface area contributed by atoms with Crippen molar-refractivity contribution in [1.29, 1.82) is 0 Å². The van der Waals surface area contributed by atoms with Crippen LogP contribution in [0.15, 0.2) is 28.6 Å². The fourth-order valence-corrected chi connectivity index (χ4v) is 4.42. The van der Waals surface area contributed by atoms with E-state index in [9.17, 15) is 4.39 Å². The van der Waals surface area contributed by atoms with Gasteiger partial charge in [-0.2, -0.15) is 4.52 Å². The van der Waals surface area contributed by atoms with E-state index in [-0.39, 0.29) is 11.9 Å². The molecule has 1 N–H and O–H groups in total. The molecule has 22 heavy (non-hydrogen) atoms. The van der Waals surface area contributed by atoms with Gasteiger partial charge in [0.2, 0.25) is 4.96 Å². The number of halogens is 1. The highest BCUT2D eigenvalue weighted by Gasteiger charge is 2.23. The first-order valence-electron chi connectivity index (χ1n) is 7.13. The molecule has 2 aromatic heterocycles. The summed E-state index contributed by atoms with van der Waals surface area (Å²) in [6.07, 6.45) is 2.22. The Labute approximate surface area is 135 Å². The van der Waals surface area contributed by atoms with E-state index in [4.69, 9.17) is 0 Å². The maximum Gasteiger partial charge on any atom is 0.235 e. The second kappa shape index (κ2) is 5.94. The smallest absolute Gasteiger partial charge is 0.235 e. The Morgan fingerprint density at radius 2 is 2.27 bits per heavy atom. The fraction of sp³-hybridized carbons (Fsp3) is 0.357. The Morgan fingerprint density at radius 3 is 3.09 bits per heavy atom. The highest BCUT2D eigenvalue weighted by molar-refractivity contribution is 8.00. The van der Waals surface area contributed by atoms with Gasteiger partial charge in [-0.15, -0.1) is 15.3 Å². The van der Waals surface area contributed by atoms with Crippen LogP contribution in [0.5, 0.6) is 0 Å². The van der Waals surface area contributed by atoms with Gasteiger partial charge in [-0.25, -0.2) is 4.39 Å². The van der Waals surface area contributed by atoms with E-state index in [0.717, 1.165) is 34.5 Å². The predicted octanol–water partition coefficient (Wildman–Crippen LogP) is 3.04. The molecule has 5 nitrogen and oxygen atoms in total. The molecule has 1 aliphatic rings. The molecular weight excluding hydrogens is 321 g/mol. The van der Waals surface area contributed by atoms with Crippen LogP contribution in [0.3, 0.4) is 0 Å². The lowest BCUT2D eigenvalue weighted by Crippen LogP contribution is -2.16.